The minimum absolute atomic E-state index is 0.158. The van der Waals surface area contributed by atoms with Crippen LogP contribution >= 0.6 is 0 Å². The molecule has 5 rings (SSSR count). The van der Waals surface area contributed by atoms with Crippen molar-refractivity contribution in [1.82, 2.24) is 9.80 Å². The zero-order chi connectivity index (χ0) is 18.5. The van der Waals surface area contributed by atoms with Crippen molar-refractivity contribution in [2.24, 2.45) is 17.8 Å². The maximum absolute atomic E-state index is 13.4. The third kappa shape index (κ3) is 2.97. The van der Waals surface area contributed by atoms with Gasteiger partial charge >= 0.3 is 0 Å². The van der Waals surface area contributed by atoms with Gasteiger partial charge in [0.25, 0.3) is 0 Å². The molecule has 2 heterocycles. The lowest BCUT2D eigenvalue weighted by atomic mass is 9.91. The molecule has 1 saturated heterocycles. The summed E-state index contributed by atoms with van der Waals surface area (Å²) in [5.74, 6) is 1.96. The minimum Gasteiger partial charge on any atom is -0.358 e. The fourth-order valence-corrected chi connectivity index (χ4v) is 5.64. The van der Waals surface area contributed by atoms with Gasteiger partial charge in [-0.25, -0.2) is 4.39 Å². The number of hydrogen-bond acceptors (Lipinski definition) is 2. The number of hydrogen-bond donors (Lipinski definition) is 0. The lowest BCUT2D eigenvalue weighted by Crippen LogP contribution is -2.50. The molecule has 2 aliphatic carbocycles. The normalized spacial score (nSPS) is 33.3. The van der Waals surface area contributed by atoms with Gasteiger partial charge in [0, 0.05) is 25.6 Å². The van der Waals surface area contributed by atoms with Gasteiger partial charge in [0.15, 0.2) is 0 Å². The van der Waals surface area contributed by atoms with Crippen molar-refractivity contribution in [2.45, 2.75) is 38.8 Å². The maximum atomic E-state index is 13.4. The molecule has 4 unspecified atom stereocenters. The van der Waals surface area contributed by atoms with Gasteiger partial charge in [-0.05, 0) is 66.1 Å². The van der Waals surface area contributed by atoms with E-state index in [1.54, 1.807) is 17.7 Å². The van der Waals surface area contributed by atoms with Crippen LogP contribution in [0.3, 0.4) is 0 Å². The quantitative estimate of drug-likeness (QED) is 0.739. The molecule has 142 valence electrons. The van der Waals surface area contributed by atoms with Crippen LogP contribution in [0, 0.1) is 23.6 Å². The SMILES string of the molecule is C=CN1CC2C3=C(C=C(c4ccc(F)cc4)CC32)C1N1CCCCC(C)C1. The molecule has 0 bridgehead atoms. The summed E-state index contributed by atoms with van der Waals surface area (Å²) in [5.41, 5.74) is 5.75. The van der Waals surface area contributed by atoms with Crippen molar-refractivity contribution in [3.63, 3.8) is 0 Å². The van der Waals surface area contributed by atoms with Gasteiger partial charge in [0.1, 0.15) is 12.0 Å². The Morgan fingerprint density at radius 2 is 1.93 bits per heavy atom. The summed E-state index contributed by atoms with van der Waals surface area (Å²) in [6.07, 6.45) is 9.88. The minimum atomic E-state index is -0.158. The van der Waals surface area contributed by atoms with Crippen LogP contribution in [-0.4, -0.2) is 35.6 Å². The highest BCUT2D eigenvalue weighted by atomic mass is 19.1. The van der Waals surface area contributed by atoms with Gasteiger partial charge in [0.05, 0.1) is 0 Å². The van der Waals surface area contributed by atoms with Crippen molar-refractivity contribution < 1.29 is 4.39 Å². The highest BCUT2D eigenvalue weighted by Crippen LogP contribution is 2.59. The zero-order valence-corrected chi connectivity index (χ0v) is 16.2. The zero-order valence-electron chi connectivity index (χ0n) is 16.2. The van der Waals surface area contributed by atoms with E-state index in [9.17, 15) is 4.39 Å². The summed E-state index contributed by atoms with van der Waals surface area (Å²) in [5, 5.41) is 0. The van der Waals surface area contributed by atoms with Gasteiger partial charge in [-0.2, -0.15) is 0 Å². The van der Waals surface area contributed by atoms with Crippen LogP contribution in [0.15, 0.2) is 54.3 Å². The standard InChI is InChI=1S/C24H29FN2/c1-3-26-15-22-20-12-18(17-7-9-19(25)10-8-17)13-21(23(20)22)24(26)27-11-5-4-6-16(2)14-27/h3,7-10,13,16,20,22,24H,1,4-6,11-12,14-15H2,2H3. The fraction of sp³-hybridized carbons (Fsp3) is 0.500. The van der Waals surface area contributed by atoms with Gasteiger partial charge in [-0.15, -0.1) is 0 Å². The Hall–Kier alpha value is -1.87. The highest BCUT2D eigenvalue weighted by Gasteiger charge is 2.54. The van der Waals surface area contributed by atoms with Gasteiger partial charge in [0.2, 0.25) is 0 Å². The third-order valence-electron chi connectivity index (χ3n) is 7.01. The smallest absolute Gasteiger partial charge is 0.123 e. The first-order valence-corrected chi connectivity index (χ1v) is 10.5. The van der Waals surface area contributed by atoms with Crippen LogP contribution in [0.5, 0.6) is 0 Å². The van der Waals surface area contributed by atoms with E-state index in [1.165, 1.54) is 49.1 Å². The molecule has 4 atom stereocenters. The number of fused-ring (bicyclic) bond motifs is 1. The first-order chi connectivity index (χ1) is 13.2. The summed E-state index contributed by atoms with van der Waals surface area (Å²) in [6, 6.07) is 7.05. The molecule has 0 amide bonds. The molecule has 1 aromatic carbocycles. The van der Waals surface area contributed by atoms with Gasteiger partial charge in [-0.3, -0.25) is 4.90 Å². The summed E-state index contributed by atoms with van der Waals surface area (Å²) in [7, 11) is 0. The largest absolute Gasteiger partial charge is 0.358 e. The fourth-order valence-electron chi connectivity index (χ4n) is 5.64. The predicted molar refractivity (Wildman–Crippen MR) is 108 cm³/mol. The number of rotatable bonds is 3. The van der Waals surface area contributed by atoms with E-state index >= 15 is 0 Å². The Morgan fingerprint density at radius 1 is 1.11 bits per heavy atom. The average molecular weight is 365 g/mol. The highest BCUT2D eigenvalue weighted by molar-refractivity contribution is 5.74. The topological polar surface area (TPSA) is 6.48 Å². The van der Waals surface area contributed by atoms with Crippen molar-refractivity contribution in [1.29, 1.82) is 0 Å². The van der Waals surface area contributed by atoms with Crippen LogP contribution in [0.2, 0.25) is 0 Å². The molecule has 27 heavy (non-hydrogen) atoms. The van der Waals surface area contributed by atoms with Crippen LogP contribution in [0.4, 0.5) is 4.39 Å². The van der Waals surface area contributed by atoms with E-state index < -0.39 is 0 Å². The molecule has 2 nitrogen and oxygen atoms in total. The van der Waals surface area contributed by atoms with E-state index in [4.69, 9.17) is 0 Å². The van der Waals surface area contributed by atoms with Crippen LogP contribution in [-0.2, 0) is 0 Å². The second-order valence-electron chi connectivity index (χ2n) is 8.85. The first-order valence-electron chi connectivity index (χ1n) is 10.5. The Labute approximate surface area is 162 Å². The summed E-state index contributed by atoms with van der Waals surface area (Å²) in [4.78, 5) is 5.17. The van der Waals surface area contributed by atoms with E-state index in [1.807, 2.05) is 12.1 Å². The molecule has 2 fully saturated rings. The number of nitrogens with zero attached hydrogens (tertiary/aromatic N) is 2. The monoisotopic (exact) mass is 364 g/mol. The molecule has 1 saturated carbocycles. The van der Waals surface area contributed by atoms with Crippen molar-refractivity contribution >= 4 is 5.57 Å². The molecular formula is C24H29FN2. The Balaban J connectivity index is 1.51. The molecule has 0 spiro atoms. The Morgan fingerprint density at radius 3 is 2.70 bits per heavy atom. The van der Waals surface area contributed by atoms with Crippen molar-refractivity contribution in [3.8, 4) is 0 Å². The molecular weight excluding hydrogens is 335 g/mol. The lowest BCUT2D eigenvalue weighted by Gasteiger charge is -2.42. The molecule has 0 radical (unpaired) electrons. The number of likely N-dealkylation sites (tertiary alicyclic amines) is 1. The van der Waals surface area contributed by atoms with Crippen LogP contribution in [0.1, 0.15) is 38.2 Å². The van der Waals surface area contributed by atoms with Gasteiger partial charge < -0.3 is 4.90 Å². The second kappa shape index (κ2) is 6.63. The second-order valence-corrected chi connectivity index (χ2v) is 8.85. The van der Waals surface area contributed by atoms with Gasteiger partial charge in [-0.1, -0.05) is 43.7 Å². The summed E-state index contributed by atoms with van der Waals surface area (Å²) < 4.78 is 13.4. The number of benzene rings is 1. The van der Waals surface area contributed by atoms with E-state index in [0.717, 1.165) is 18.9 Å². The number of allylic oxidation sites excluding steroid dienone is 1. The third-order valence-corrected chi connectivity index (χ3v) is 7.01. The predicted octanol–water partition coefficient (Wildman–Crippen LogP) is 5.06. The molecule has 0 N–H and O–H groups in total. The van der Waals surface area contributed by atoms with E-state index in [0.29, 0.717) is 18.0 Å². The molecule has 3 heteroatoms. The average Bonchev–Trinajstić information content (AvgIpc) is 3.42. The Kier molecular flexibility index (Phi) is 4.23. The van der Waals surface area contributed by atoms with E-state index in [-0.39, 0.29) is 5.82 Å². The Bertz CT molecular complexity index is 806. The summed E-state index contributed by atoms with van der Waals surface area (Å²) >= 11 is 0. The first kappa shape index (κ1) is 17.2. The maximum Gasteiger partial charge on any atom is 0.123 e. The van der Waals surface area contributed by atoms with Crippen molar-refractivity contribution in [3.05, 3.63) is 65.6 Å². The number of halogens is 1. The molecule has 4 aliphatic rings. The molecule has 0 aromatic heterocycles. The van der Waals surface area contributed by atoms with E-state index in [2.05, 4.69) is 35.6 Å². The summed E-state index contributed by atoms with van der Waals surface area (Å²) in [6.45, 7) is 9.97. The molecule has 2 aliphatic heterocycles. The lowest BCUT2D eigenvalue weighted by molar-refractivity contribution is 0.0908. The van der Waals surface area contributed by atoms with Crippen molar-refractivity contribution in [2.75, 3.05) is 19.6 Å². The molecule has 1 aromatic rings. The van der Waals surface area contributed by atoms with Crippen LogP contribution in [0.25, 0.3) is 5.57 Å². The van der Waals surface area contributed by atoms with Crippen LogP contribution < -0.4 is 0 Å².